The van der Waals surface area contributed by atoms with E-state index in [1.54, 1.807) is 6.92 Å². The minimum Gasteiger partial charge on any atom is -0.470 e. The van der Waals surface area contributed by atoms with Crippen LogP contribution in [0, 0.1) is 18.8 Å². The van der Waals surface area contributed by atoms with Gasteiger partial charge in [0.1, 0.15) is 5.75 Å². The minimum atomic E-state index is -0.641. The first-order valence-corrected chi connectivity index (χ1v) is 8.55. The van der Waals surface area contributed by atoms with Gasteiger partial charge >= 0.3 is 0 Å². The molecule has 122 valence electrons. The number of rotatable bonds is 5. The van der Waals surface area contributed by atoms with Gasteiger partial charge < -0.3 is 10.1 Å². The molecule has 0 aliphatic carbocycles. The van der Waals surface area contributed by atoms with Crippen LogP contribution in [0.2, 0.25) is 0 Å². The van der Waals surface area contributed by atoms with Crippen LogP contribution in [-0.2, 0) is 4.79 Å². The number of nitrogens with zero attached hydrogens (tertiary/aromatic N) is 1. The van der Waals surface area contributed by atoms with E-state index in [0.717, 1.165) is 16.6 Å². The largest absolute Gasteiger partial charge is 0.470 e. The molecule has 1 aromatic heterocycles. The van der Waals surface area contributed by atoms with Crippen molar-refractivity contribution in [3.05, 3.63) is 23.9 Å². The van der Waals surface area contributed by atoms with Crippen LogP contribution in [0.25, 0.3) is 10.9 Å². The first-order valence-electron chi connectivity index (χ1n) is 7.26. The lowest BCUT2D eigenvalue weighted by Crippen LogP contribution is -2.47. The number of hydrogen-bond acceptors (Lipinski definition) is 4. The molecule has 0 saturated carbocycles. The number of nitrogens with one attached hydrogen (secondary N) is 2. The highest BCUT2D eigenvalue weighted by atomic mass is 32.2. The molecule has 1 heterocycles. The number of benzene rings is 1. The highest BCUT2D eigenvalue weighted by Crippen LogP contribution is 2.24. The van der Waals surface area contributed by atoms with E-state index in [-0.39, 0.29) is 5.91 Å². The van der Waals surface area contributed by atoms with Crippen molar-refractivity contribution in [2.45, 2.75) is 38.7 Å². The van der Waals surface area contributed by atoms with Gasteiger partial charge in [0.2, 0.25) is 5.44 Å². The summed E-state index contributed by atoms with van der Waals surface area (Å²) < 4.78 is 5.84. The minimum absolute atomic E-state index is 0.200. The molecule has 2 N–H and O–H groups in total. The van der Waals surface area contributed by atoms with Gasteiger partial charge in [-0.25, -0.2) is 0 Å². The van der Waals surface area contributed by atoms with Crippen LogP contribution in [0.3, 0.4) is 0 Å². The lowest BCUT2D eigenvalue weighted by Gasteiger charge is -2.24. The average molecular weight is 331 g/mol. The highest BCUT2D eigenvalue weighted by molar-refractivity contribution is 7.99. The second kappa shape index (κ2) is 6.97. The van der Waals surface area contributed by atoms with E-state index in [0.29, 0.717) is 5.75 Å². The summed E-state index contributed by atoms with van der Waals surface area (Å²) in [6.07, 6.45) is 1.84. The third-order valence-corrected chi connectivity index (χ3v) is 4.01. The van der Waals surface area contributed by atoms with Crippen molar-refractivity contribution < 1.29 is 9.53 Å². The van der Waals surface area contributed by atoms with Crippen LogP contribution < -0.4 is 10.1 Å². The standard InChI is InChI=1S/C17H21N3O2S/c1-6-9-17(3,4)18-15(21)16(23-5)22-12-7-8-14-13(10-12)11(2)19-20-14/h7-8,10,16H,1-5H3,(H,18,21)(H,19,20). The van der Waals surface area contributed by atoms with Gasteiger partial charge in [0.25, 0.3) is 5.91 Å². The van der Waals surface area contributed by atoms with Crippen molar-refractivity contribution >= 4 is 28.6 Å². The first kappa shape index (κ1) is 17.2. The number of thioether (sulfide) groups is 1. The molecule has 0 spiro atoms. The molecule has 0 bridgehead atoms. The normalized spacial score (nSPS) is 12.4. The molecule has 1 unspecified atom stereocenters. The lowest BCUT2D eigenvalue weighted by molar-refractivity contribution is -0.125. The summed E-state index contributed by atoms with van der Waals surface area (Å²) in [6, 6.07) is 5.61. The van der Waals surface area contributed by atoms with Crippen molar-refractivity contribution in [2.75, 3.05) is 6.26 Å². The predicted octanol–water partition coefficient (Wildman–Crippen LogP) is 2.86. The van der Waals surface area contributed by atoms with Gasteiger partial charge in [-0.1, -0.05) is 5.92 Å². The van der Waals surface area contributed by atoms with Crippen LogP contribution in [0.5, 0.6) is 5.75 Å². The molecule has 0 aliphatic rings. The molecule has 6 heteroatoms. The third-order valence-electron chi connectivity index (χ3n) is 3.27. The Balaban J connectivity index is 2.15. The van der Waals surface area contributed by atoms with Crippen molar-refractivity contribution in [1.29, 1.82) is 0 Å². The lowest BCUT2D eigenvalue weighted by atomic mass is 10.1. The molecule has 0 aliphatic heterocycles. The summed E-state index contributed by atoms with van der Waals surface area (Å²) in [6.45, 7) is 7.39. The number of ether oxygens (including phenoxy) is 1. The van der Waals surface area contributed by atoms with E-state index in [9.17, 15) is 4.79 Å². The van der Waals surface area contributed by atoms with Gasteiger partial charge in [-0.15, -0.1) is 17.7 Å². The second-order valence-electron chi connectivity index (χ2n) is 5.69. The van der Waals surface area contributed by atoms with Gasteiger partial charge in [0, 0.05) is 5.39 Å². The Morgan fingerprint density at radius 2 is 2.22 bits per heavy atom. The van der Waals surface area contributed by atoms with Gasteiger partial charge in [0.05, 0.1) is 16.7 Å². The van der Waals surface area contributed by atoms with Crippen molar-refractivity contribution in [3.63, 3.8) is 0 Å². The van der Waals surface area contributed by atoms with Gasteiger partial charge in [-0.3, -0.25) is 9.89 Å². The van der Waals surface area contributed by atoms with E-state index in [2.05, 4.69) is 27.4 Å². The Labute approximate surface area is 140 Å². The number of amides is 1. The predicted molar refractivity (Wildman–Crippen MR) is 94.4 cm³/mol. The molecule has 0 fully saturated rings. The second-order valence-corrected chi connectivity index (χ2v) is 6.59. The summed E-state index contributed by atoms with van der Waals surface area (Å²) in [5, 5.41) is 11.0. The summed E-state index contributed by atoms with van der Waals surface area (Å²) >= 11 is 1.34. The van der Waals surface area contributed by atoms with Gasteiger partial charge in [-0.2, -0.15) is 5.10 Å². The maximum Gasteiger partial charge on any atom is 0.272 e. The van der Waals surface area contributed by atoms with Crippen molar-refractivity contribution in [1.82, 2.24) is 15.5 Å². The molecular formula is C17H21N3O2S. The molecule has 0 radical (unpaired) electrons. The molecule has 5 nitrogen and oxygen atoms in total. The summed E-state index contributed by atoms with van der Waals surface area (Å²) in [5.74, 6) is 6.22. The van der Waals surface area contributed by atoms with E-state index in [1.807, 2.05) is 45.2 Å². The van der Waals surface area contributed by atoms with Gasteiger partial charge in [-0.05, 0) is 52.1 Å². The molecule has 2 rings (SSSR count). The molecular weight excluding hydrogens is 310 g/mol. The molecule has 1 atom stereocenters. The monoisotopic (exact) mass is 331 g/mol. The van der Waals surface area contributed by atoms with E-state index < -0.39 is 11.0 Å². The number of aromatic amines is 1. The number of H-pyrrole nitrogens is 1. The Morgan fingerprint density at radius 3 is 2.87 bits per heavy atom. The van der Waals surface area contributed by atoms with Crippen LogP contribution in [0.4, 0.5) is 0 Å². The van der Waals surface area contributed by atoms with E-state index >= 15 is 0 Å². The average Bonchev–Trinajstić information content (AvgIpc) is 2.85. The first-order chi connectivity index (χ1) is 10.9. The van der Waals surface area contributed by atoms with E-state index in [1.165, 1.54) is 11.8 Å². The molecule has 1 amide bonds. The zero-order valence-corrected chi connectivity index (χ0v) is 14.8. The summed E-state index contributed by atoms with van der Waals surface area (Å²) in [7, 11) is 0. The maximum absolute atomic E-state index is 12.4. The number of fused-ring (bicyclic) bond motifs is 1. The topological polar surface area (TPSA) is 67.0 Å². The van der Waals surface area contributed by atoms with Crippen LogP contribution in [0.1, 0.15) is 26.5 Å². The Morgan fingerprint density at radius 1 is 1.48 bits per heavy atom. The van der Waals surface area contributed by atoms with Crippen LogP contribution in [0.15, 0.2) is 18.2 Å². The number of aromatic nitrogens is 2. The number of hydrogen-bond donors (Lipinski definition) is 2. The zero-order chi connectivity index (χ0) is 17.0. The number of aryl methyl sites for hydroxylation is 1. The SMILES string of the molecule is CC#CC(C)(C)NC(=O)C(Oc1ccc2[nH]nc(C)c2c1)SC. The molecule has 2 aromatic rings. The highest BCUT2D eigenvalue weighted by Gasteiger charge is 2.25. The third kappa shape index (κ3) is 4.20. The smallest absolute Gasteiger partial charge is 0.272 e. The Bertz CT molecular complexity index is 771. The van der Waals surface area contributed by atoms with Crippen LogP contribution in [-0.4, -0.2) is 33.3 Å². The van der Waals surface area contributed by atoms with Crippen LogP contribution >= 0.6 is 11.8 Å². The van der Waals surface area contributed by atoms with E-state index in [4.69, 9.17) is 4.74 Å². The fraction of sp³-hybridized carbons (Fsp3) is 0.412. The molecule has 23 heavy (non-hydrogen) atoms. The Hall–Kier alpha value is -2.13. The quantitative estimate of drug-likeness (QED) is 0.653. The van der Waals surface area contributed by atoms with Gasteiger partial charge in [0.15, 0.2) is 0 Å². The maximum atomic E-state index is 12.4. The molecule has 0 saturated heterocycles. The zero-order valence-electron chi connectivity index (χ0n) is 14.0. The summed E-state index contributed by atoms with van der Waals surface area (Å²) in [4.78, 5) is 12.4. The fourth-order valence-electron chi connectivity index (χ4n) is 2.24. The Kier molecular flexibility index (Phi) is 5.22. The molecule has 1 aromatic carbocycles. The fourth-order valence-corrected chi connectivity index (χ4v) is 2.72. The van der Waals surface area contributed by atoms with Crippen molar-refractivity contribution in [3.8, 4) is 17.6 Å². The van der Waals surface area contributed by atoms with Crippen molar-refractivity contribution in [2.24, 2.45) is 0 Å². The summed E-state index contributed by atoms with van der Waals surface area (Å²) in [5.41, 5.74) is 0.612. The number of carbonyl (C=O) groups excluding carboxylic acids is 1. The number of carbonyl (C=O) groups is 1.